The molecule has 1 aromatic heterocycles. The van der Waals surface area contributed by atoms with Crippen molar-refractivity contribution in [1.82, 2.24) is 10.1 Å². The lowest BCUT2D eigenvalue weighted by molar-refractivity contribution is -0.138. The van der Waals surface area contributed by atoms with Gasteiger partial charge in [-0.2, -0.15) is 0 Å². The summed E-state index contributed by atoms with van der Waals surface area (Å²) in [6, 6.07) is 1.67. The highest BCUT2D eigenvalue weighted by atomic mass is 16.5. The molecule has 0 atom stereocenters. The Morgan fingerprint density at radius 1 is 1.33 bits per heavy atom. The zero-order chi connectivity index (χ0) is 16.0. The molecule has 7 nitrogen and oxygen atoms in total. The Morgan fingerprint density at radius 2 is 2.00 bits per heavy atom. The van der Waals surface area contributed by atoms with Crippen molar-refractivity contribution in [3.05, 3.63) is 11.8 Å². The lowest BCUT2D eigenvalue weighted by atomic mass is 10.1. The molecule has 0 saturated carbocycles. The maximum atomic E-state index is 11.9. The van der Waals surface area contributed by atoms with E-state index in [2.05, 4.69) is 10.5 Å². The third-order valence-corrected chi connectivity index (χ3v) is 2.73. The Labute approximate surface area is 124 Å². The molecule has 0 spiro atoms. The summed E-state index contributed by atoms with van der Waals surface area (Å²) in [4.78, 5) is 24.3. The van der Waals surface area contributed by atoms with E-state index in [-0.39, 0.29) is 36.7 Å². The number of carbonyl (C=O) groups excluding carboxylic acids is 1. The van der Waals surface area contributed by atoms with Crippen molar-refractivity contribution in [3.8, 4) is 0 Å². The van der Waals surface area contributed by atoms with Crippen molar-refractivity contribution in [3.63, 3.8) is 0 Å². The molecule has 118 valence electrons. The van der Waals surface area contributed by atoms with E-state index in [1.165, 1.54) is 0 Å². The number of aliphatic carboxylic acids is 1. The van der Waals surface area contributed by atoms with Crippen molar-refractivity contribution in [2.45, 2.75) is 33.6 Å². The molecule has 1 amide bonds. The average molecular weight is 297 g/mol. The van der Waals surface area contributed by atoms with Gasteiger partial charge in [0, 0.05) is 12.6 Å². The Hall–Kier alpha value is -1.89. The Morgan fingerprint density at radius 3 is 2.48 bits per heavy atom. The van der Waals surface area contributed by atoms with Crippen molar-refractivity contribution in [2.24, 2.45) is 5.92 Å². The Bertz CT molecular complexity index is 482. The maximum Gasteiger partial charge on any atom is 0.317 e. The molecule has 0 radical (unpaired) electrons. The minimum absolute atomic E-state index is 0.00217. The van der Waals surface area contributed by atoms with E-state index in [0.29, 0.717) is 6.54 Å². The average Bonchev–Trinajstić information content (AvgIpc) is 2.75. The summed E-state index contributed by atoms with van der Waals surface area (Å²) in [6.45, 7) is 8.26. The number of rotatable bonds is 8. The number of nitrogens with zero attached hydrogens (tertiary/aromatic N) is 2. The van der Waals surface area contributed by atoms with Gasteiger partial charge in [-0.05, 0) is 11.8 Å². The third kappa shape index (κ3) is 6.40. The number of carbonyl (C=O) groups is 2. The predicted molar refractivity (Wildman–Crippen MR) is 78.1 cm³/mol. The molecule has 1 aromatic rings. The van der Waals surface area contributed by atoms with Crippen LogP contribution >= 0.6 is 0 Å². The zero-order valence-electron chi connectivity index (χ0n) is 12.9. The van der Waals surface area contributed by atoms with Gasteiger partial charge in [0.05, 0.1) is 18.8 Å². The van der Waals surface area contributed by atoms with E-state index >= 15 is 0 Å². The summed E-state index contributed by atoms with van der Waals surface area (Å²) in [6.07, 6.45) is 0. The van der Waals surface area contributed by atoms with Crippen LogP contribution in [0.1, 0.15) is 39.3 Å². The number of amides is 1. The molecular weight excluding hydrogens is 274 g/mol. The summed E-state index contributed by atoms with van der Waals surface area (Å²) in [7, 11) is 0. The lowest BCUT2D eigenvalue weighted by Gasteiger charge is -2.21. The highest BCUT2D eigenvalue weighted by Crippen LogP contribution is 2.17. The molecule has 0 aliphatic rings. The highest BCUT2D eigenvalue weighted by Gasteiger charge is 2.17. The Balaban J connectivity index is 2.57. The molecule has 0 fully saturated rings. The zero-order valence-corrected chi connectivity index (χ0v) is 12.9. The molecule has 0 aliphatic heterocycles. The third-order valence-electron chi connectivity index (χ3n) is 2.73. The minimum Gasteiger partial charge on any atom is -0.480 e. The van der Waals surface area contributed by atoms with Crippen LogP contribution in [0.2, 0.25) is 0 Å². The molecule has 0 bridgehead atoms. The summed E-state index contributed by atoms with van der Waals surface area (Å²) in [5, 5.41) is 15.3. The first-order valence-corrected chi connectivity index (χ1v) is 6.98. The second kappa shape index (κ2) is 7.78. The first-order chi connectivity index (χ1) is 9.77. The molecule has 1 rings (SSSR count). The normalized spacial score (nSPS) is 11.4. The molecule has 0 saturated heterocycles. The van der Waals surface area contributed by atoms with E-state index in [1.54, 1.807) is 11.0 Å². The van der Waals surface area contributed by atoms with Crippen molar-refractivity contribution < 1.29 is 19.2 Å². The fourth-order valence-electron chi connectivity index (χ4n) is 1.89. The highest BCUT2D eigenvalue weighted by molar-refractivity contribution is 5.91. The number of nitrogens with one attached hydrogen (secondary N) is 1. The van der Waals surface area contributed by atoms with Crippen molar-refractivity contribution >= 4 is 17.8 Å². The van der Waals surface area contributed by atoms with Gasteiger partial charge in [0.2, 0.25) is 11.8 Å². The van der Waals surface area contributed by atoms with Crippen LogP contribution in [0.25, 0.3) is 0 Å². The van der Waals surface area contributed by atoms with Gasteiger partial charge in [-0.25, -0.2) is 0 Å². The summed E-state index contributed by atoms with van der Waals surface area (Å²) >= 11 is 0. The maximum absolute atomic E-state index is 11.9. The number of carboxylic acid groups (broad SMARTS) is 1. The molecule has 7 heteroatoms. The van der Waals surface area contributed by atoms with Gasteiger partial charge in [-0.15, -0.1) is 0 Å². The lowest BCUT2D eigenvalue weighted by Crippen LogP contribution is -2.39. The van der Waals surface area contributed by atoms with Crippen LogP contribution in [-0.2, 0) is 9.59 Å². The second-order valence-electron chi connectivity index (χ2n) is 5.78. The molecule has 1 heterocycles. The minimum atomic E-state index is -0.954. The number of carboxylic acids is 1. The standard InChI is InChI=1S/C14H23N3O4/c1-9(2)6-17(8-14(19)20)7-12(18)15-13-5-11(10(3)4)16-21-13/h5,9-10H,6-8H2,1-4H3,(H,15,18)(H,19,20). The monoisotopic (exact) mass is 297 g/mol. The topological polar surface area (TPSA) is 95.7 Å². The molecule has 0 unspecified atom stereocenters. The van der Waals surface area contributed by atoms with Crippen LogP contribution < -0.4 is 5.32 Å². The van der Waals surface area contributed by atoms with Crippen LogP contribution in [0.5, 0.6) is 0 Å². The largest absolute Gasteiger partial charge is 0.480 e. The molecule has 0 aliphatic carbocycles. The SMILES string of the molecule is CC(C)CN(CC(=O)O)CC(=O)Nc1cc(C(C)C)no1. The van der Waals surface area contributed by atoms with Gasteiger partial charge in [0.25, 0.3) is 0 Å². The van der Waals surface area contributed by atoms with Gasteiger partial charge in [0.15, 0.2) is 0 Å². The Kier molecular flexibility index (Phi) is 6.36. The fourth-order valence-corrected chi connectivity index (χ4v) is 1.89. The molecule has 2 N–H and O–H groups in total. The van der Waals surface area contributed by atoms with E-state index in [4.69, 9.17) is 9.63 Å². The summed E-state index contributed by atoms with van der Waals surface area (Å²) in [5.41, 5.74) is 0.759. The van der Waals surface area contributed by atoms with Crippen molar-refractivity contribution in [1.29, 1.82) is 0 Å². The summed E-state index contributed by atoms with van der Waals surface area (Å²) in [5.74, 6) is -0.504. The summed E-state index contributed by atoms with van der Waals surface area (Å²) < 4.78 is 5.02. The van der Waals surface area contributed by atoms with Crippen LogP contribution in [0, 0.1) is 5.92 Å². The smallest absolute Gasteiger partial charge is 0.317 e. The van der Waals surface area contributed by atoms with E-state index < -0.39 is 5.97 Å². The van der Waals surface area contributed by atoms with E-state index in [0.717, 1.165) is 5.69 Å². The molecular formula is C14H23N3O4. The van der Waals surface area contributed by atoms with Gasteiger partial charge < -0.3 is 9.63 Å². The molecule has 0 aromatic carbocycles. The second-order valence-corrected chi connectivity index (χ2v) is 5.78. The first kappa shape index (κ1) is 17.2. The number of aromatic nitrogens is 1. The number of anilines is 1. The van der Waals surface area contributed by atoms with Gasteiger partial charge >= 0.3 is 5.97 Å². The van der Waals surface area contributed by atoms with E-state index in [1.807, 2.05) is 27.7 Å². The first-order valence-electron chi connectivity index (χ1n) is 6.98. The van der Waals surface area contributed by atoms with E-state index in [9.17, 15) is 9.59 Å². The van der Waals surface area contributed by atoms with Crippen LogP contribution in [-0.4, -0.2) is 46.7 Å². The molecule has 21 heavy (non-hydrogen) atoms. The van der Waals surface area contributed by atoms with Gasteiger partial charge in [-0.3, -0.25) is 19.8 Å². The van der Waals surface area contributed by atoms with Crippen molar-refractivity contribution in [2.75, 3.05) is 25.0 Å². The van der Waals surface area contributed by atoms with Crippen LogP contribution in [0.3, 0.4) is 0 Å². The van der Waals surface area contributed by atoms with Crippen LogP contribution in [0.15, 0.2) is 10.6 Å². The fraction of sp³-hybridized carbons (Fsp3) is 0.643. The van der Waals surface area contributed by atoms with Gasteiger partial charge in [-0.1, -0.05) is 32.9 Å². The quantitative estimate of drug-likeness (QED) is 0.759. The van der Waals surface area contributed by atoms with Crippen LogP contribution in [0.4, 0.5) is 5.88 Å². The number of hydrogen-bond acceptors (Lipinski definition) is 5. The van der Waals surface area contributed by atoms with Gasteiger partial charge in [0.1, 0.15) is 0 Å². The number of hydrogen-bond donors (Lipinski definition) is 2. The predicted octanol–water partition coefficient (Wildman–Crippen LogP) is 1.78.